The molecule has 0 aliphatic carbocycles. The highest BCUT2D eigenvalue weighted by Crippen LogP contribution is 2.15. The molecule has 0 radical (unpaired) electrons. The summed E-state index contributed by atoms with van der Waals surface area (Å²) >= 11 is 0. The Morgan fingerprint density at radius 1 is 1.82 bits per heavy atom. The van der Waals surface area contributed by atoms with Gasteiger partial charge in [0.2, 0.25) is 11.9 Å². The molecule has 0 saturated heterocycles. The van der Waals surface area contributed by atoms with E-state index in [0.29, 0.717) is 5.95 Å². The Labute approximate surface area is 64.2 Å². The first-order valence-corrected chi connectivity index (χ1v) is 3.59. The number of hydrogen-bond acceptors (Lipinski definition) is 2. The topological polar surface area (TPSA) is 46.9 Å². The maximum absolute atomic E-state index is 11.1. The van der Waals surface area contributed by atoms with Gasteiger partial charge in [0.1, 0.15) is 0 Å². The highest BCUT2D eigenvalue weighted by molar-refractivity contribution is 5.91. The van der Waals surface area contributed by atoms with Crippen LogP contribution in [-0.2, 0) is 11.3 Å². The first-order valence-electron chi connectivity index (χ1n) is 3.59. The molecule has 0 bridgehead atoms. The molecule has 4 nitrogen and oxygen atoms in total. The average molecular weight is 151 g/mol. The van der Waals surface area contributed by atoms with Crippen molar-refractivity contribution in [2.45, 2.75) is 13.5 Å². The van der Waals surface area contributed by atoms with Crippen molar-refractivity contribution in [3.63, 3.8) is 0 Å². The maximum Gasteiger partial charge on any atom is 0.231 e. The number of nitrogens with zero attached hydrogens (tertiary/aromatic N) is 2. The van der Waals surface area contributed by atoms with Crippen LogP contribution < -0.4 is 5.32 Å². The summed E-state index contributed by atoms with van der Waals surface area (Å²) in [4.78, 5) is 15.1. The average Bonchev–Trinajstić information content (AvgIpc) is 2.36. The third kappa shape index (κ3) is 0.906. The van der Waals surface area contributed by atoms with Crippen LogP contribution in [0.3, 0.4) is 0 Å². The molecule has 0 fully saturated rings. The van der Waals surface area contributed by atoms with Gasteiger partial charge in [0.15, 0.2) is 0 Å². The van der Waals surface area contributed by atoms with Gasteiger partial charge in [-0.2, -0.15) is 0 Å². The molecule has 2 heterocycles. The van der Waals surface area contributed by atoms with Crippen LogP contribution in [0.4, 0.5) is 5.95 Å². The third-order valence-corrected chi connectivity index (χ3v) is 1.87. The Morgan fingerprint density at radius 3 is 3.45 bits per heavy atom. The molecular weight excluding hydrogens is 142 g/mol. The van der Waals surface area contributed by atoms with Crippen LogP contribution in [0.25, 0.3) is 0 Å². The largest absolute Gasteiger partial charge is 0.316 e. The van der Waals surface area contributed by atoms with Gasteiger partial charge in [0.25, 0.3) is 0 Å². The Bertz CT molecular complexity index is 292. The first-order chi connectivity index (χ1) is 5.27. The SMILES string of the molecule is CC1Cn2ccnc2NC1=O. The molecule has 1 N–H and O–H groups in total. The molecule has 11 heavy (non-hydrogen) atoms. The van der Waals surface area contributed by atoms with Gasteiger partial charge in [0.05, 0.1) is 5.92 Å². The normalized spacial score (nSPS) is 22.6. The molecule has 0 aromatic carbocycles. The van der Waals surface area contributed by atoms with Crippen molar-refractivity contribution in [2.75, 3.05) is 5.32 Å². The summed E-state index contributed by atoms with van der Waals surface area (Å²) < 4.78 is 1.94. The van der Waals surface area contributed by atoms with Crippen LogP contribution in [0.15, 0.2) is 12.4 Å². The van der Waals surface area contributed by atoms with E-state index < -0.39 is 0 Å². The van der Waals surface area contributed by atoms with Gasteiger partial charge in [-0.05, 0) is 0 Å². The lowest BCUT2D eigenvalue weighted by Gasteiger charge is -2.19. The van der Waals surface area contributed by atoms with Crippen molar-refractivity contribution in [1.29, 1.82) is 0 Å². The second-order valence-electron chi connectivity index (χ2n) is 2.79. The molecule has 1 aromatic rings. The van der Waals surface area contributed by atoms with Crippen LogP contribution in [0.1, 0.15) is 6.92 Å². The number of carbonyl (C=O) groups is 1. The van der Waals surface area contributed by atoms with E-state index in [1.165, 1.54) is 0 Å². The first kappa shape index (κ1) is 6.39. The zero-order chi connectivity index (χ0) is 7.84. The zero-order valence-corrected chi connectivity index (χ0v) is 6.24. The van der Waals surface area contributed by atoms with E-state index in [1.54, 1.807) is 6.20 Å². The number of amides is 1. The summed E-state index contributed by atoms with van der Waals surface area (Å²) in [5.74, 6) is 0.772. The summed E-state index contributed by atoms with van der Waals surface area (Å²) in [6.45, 7) is 2.64. The van der Waals surface area contributed by atoms with Crippen molar-refractivity contribution in [3.05, 3.63) is 12.4 Å². The monoisotopic (exact) mass is 151 g/mol. The highest BCUT2D eigenvalue weighted by atomic mass is 16.2. The van der Waals surface area contributed by atoms with Crippen LogP contribution in [0.5, 0.6) is 0 Å². The molecule has 58 valence electrons. The van der Waals surface area contributed by atoms with E-state index in [2.05, 4.69) is 10.3 Å². The smallest absolute Gasteiger partial charge is 0.231 e. The third-order valence-electron chi connectivity index (χ3n) is 1.87. The van der Waals surface area contributed by atoms with E-state index in [1.807, 2.05) is 17.7 Å². The van der Waals surface area contributed by atoms with Gasteiger partial charge in [-0.1, -0.05) is 6.92 Å². The Kier molecular flexibility index (Phi) is 1.21. The molecule has 1 unspecified atom stereocenters. The van der Waals surface area contributed by atoms with Gasteiger partial charge in [-0.15, -0.1) is 0 Å². The second kappa shape index (κ2) is 2.08. The number of fused-ring (bicyclic) bond motifs is 1. The molecule has 4 heteroatoms. The molecular formula is C7H9N3O. The van der Waals surface area contributed by atoms with Crippen LogP contribution >= 0.6 is 0 Å². The van der Waals surface area contributed by atoms with Crippen molar-refractivity contribution >= 4 is 11.9 Å². The minimum atomic E-state index is 0.0525. The number of rotatable bonds is 0. The Morgan fingerprint density at radius 2 is 2.64 bits per heavy atom. The molecule has 1 atom stereocenters. The van der Waals surface area contributed by atoms with Crippen LogP contribution in [-0.4, -0.2) is 15.5 Å². The highest BCUT2D eigenvalue weighted by Gasteiger charge is 2.21. The second-order valence-corrected chi connectivity index (χ2v) is 2.79. The van der Waals surface area contributed by atoms with E-state index in [-0.39, 0.29) is 11.8 Å². The fraction of sp³-hybridized carbons (Fsp3) is 0.429. The van der Waals surface area contributed by atoms with Crippen molar-refractivity contribution in [2.24, 2.45) is 5.92 Å². The van der Waals surface area contributed by atoms with Crippen molar-refractivity contribution in [3.8, 4) is 0 Å². The van der Waals surface area contributed by atoms with Crippen LogP contribution in [0.2, 0.25) is 0 Å². The Balaban J connectivity index is 2.37. The van der Waals surface area contributed by atoms with Gasteiger partial charge in [-0.25, -0.2) is 4.98 Å². The molecule has 1 aliphatic rings. The summed E-state index contributed by atoms with van der Waals surface area (Å²) in [6.07, 6.45) is 3.55. The quantitative estimate of drug-likeness (QED) is 0.586. The molecule has 0 saturated carbocycles. The number of aromatic nitrogens is 2. The minimum absolute atomic E-state index is 0.0525. The lowest BCUT2D eigenvalue weighted by atomic mass is 10.1. The molecule has 1 aliphatic heterocycles. The summed E-state index contributed by atoms with van der Waals surface area (Å²) in [6, 6.07) is 0. The van der Waals surface area contributed by atoms with E-state index >= 15 is 0 Å². The molecule has 0 spiro atoms. The summed E-state index contributed by atoms with van der Waals surface area (Å²) in [5, 5.41) is 2.70. The number of anilines is 1. The van der Waals surface area contributed by atoms with Gasteiger partial charge in [-0.3, -0.25) is 10.1 Å². The van der Waals surface area contributed by atoms with Crippen molar-refractivity contribution in [1.82, 2.24) is 9.55 Å². The molecule has 1 amide bonds. The minimum Gasteiger partial charge on any atom is -0.316 e. The number of hydrogen-bond donors (Lipinski definition) is 1. The van der Waals surface area contributed by atoms with E-state index in [9.17, 15) is 4.79 Å². The van der Waals surface area contributed by atoms with E-state index in [0.717, 1.165) is 6.54 Å². The van der Waals surface area contributed by atoms with Gasteiger partial charge in [0, 0.05) is 18.9 Å². The number of carbonyl (C=O) groups excluding carboxylic acids is 1. The lowest BCUT2D eigenvalue weighted by Crippen LogP contribution is -2.31. The van der Waals surface area contributed by atoms with Gasteiger partial charge < -0.3 is 4.57 Å². The lowest BCUT2D eigenvalue weighted by molar-refractivity contribution is -0.120. The fourth-order valence-electron chi connectivity index (χ4n) is 1.19. The standard InChI is InChI=1S/C7H9N3O/c1-5-4-10-3-2-8-7(10)9-6(5)11/h2-3,5H,4H2,1H3,(H,8,9,11). The Hall–Kier alpha value is -1.32. The van der Waals surface area contributed by atoms with Gasteiger partial charge >= 0.3 is 0 Å². The summed E-state index contributed by atoms with van der Waals surface area (Å²) in [5.41, 5.74) is 0. The number of imidazole rings is 1. The summed E-state index contributed by atoms with van der Waals surface area (Å²) in [7, 11) is 0. The maximum atomic E-state index is 11.1. The van der Waals surface area contributed by atoms with Crippen LogP contribution in [0, 0.1) is 5.92 Å². The fourth-order valence-corrected chi connectivity index (χ4v) is 1.19. The molecule has 1 aromatic heterocycles. The number of nitrogens with one attached hydrogen (secondary N) is 1. The van der Waals surface area contributed by atoms with Crippen molar-refractivity contribution < 1.29 is 4.79 Å². The zero-order valence-electron chi connectivity index (χ0n) is 6.24. The predicted molar refractivity (Wildman–Crippen MR) is 40.0 cm³/mol. The molecule has 2 rings (SSSR count). The van der Waals surface area contributed by atoms with E-state index in [4.69, 9.17) is 0 Å². The predicted octanol–water partition coefficient (Wildman–Crippen LogP) is 0.471.